The van der Waals surface area contributed by atoms with Crippen LogP contribution in [-0.4, -0.2) is 15.1 Å². The highest BCUT2D eigenvalue weighted by molar-refractivity contribution is 6.29. The first-order valence-corrected chi connectivity index (χ1v) is 5.94. The van der Waals surface area contributed by atoms with Crippen molar-refractivity contribution in [3.63, 3.8) is 0 Å². The van der Waals surface area contributed by atoms with Crippen molar-refractivity contribution in [2.24, 2.45) is 0 Å². The molecule has 1 aromatic heterocycles. The van der Waals surface area contributed by atoms with E-state index < -0.39 is 0 Å². The molecule has 1 heterocycles. The second kappa shape index (κ2) is 4.00. The van der Waals surface area contributed by atoms with Gasteiger partial charge in [0.1, 0.15) is 10.9 Å². The standard InChI is InChI=1S/C13H11ClN2O/c14-12-7-11(8-1-2-8)15-13(16-12)9-3-5-10(17)6-4-9/h3-8,17H,1-2H2. The second-order valence-corrected chi connectivity index (χ2v) is 4.65. The van der Waals surface area contributed by atoms with Crippen LogP contribution in [0.2, 0.25) is 5.15 Å². The van der Waals surface area contributed by atoms with Crippen LogP contribution < -0.4 is 0 Å². The smallest absolute Gasteiger partial charge is 0.161 e. The van der Waals surface area contributed by atoms with Crippen LogP contribution in [0.1, 0.15) is 24.5 Å². The van der Waals surface area contributed by atoms with Crippen molar-refractivity contribution >= 4 is 11.6 Å². The summed E-state index contributed by atoms with van der Waals surface area (Å²) in [7, 11) is 0. The average Bonchev–Trinajstić information content (AvgIpc) is 3.13. The Morgan fingerprint density at radius 3 is 2.47 bits per heavy atom. The molecule has 17 heavy (non-hydrogen) atoms. The number of hydrogen-bond donors (Lipinski definition) is 1. The Balaban J connectivity index is 2.04. The molecule has 1 saturated carbocycles. The molecule has 0 saturated heterocycles. The number of benzene rings is 1. The molecule has 0 unspecified atom stereocenters. The zero-order valence-electron chi connectivity index (χ0n) is 9.10. The van der Waals surface area contributed by atoms with E-state index in [2.05, 4.69) is 9.97 Å². The molecule has 0 radical (unpaired) electrons. The third-order valence-electron chi connectivity index (χ3n) is 2.84. The molecule has 1 aliphatic carbocycles. The number of rotatable bonds is 2. The van der Waals surface area contributed by atoms with E-state index in [1.54, 1.807) is 24.3 Å². The van der Waals surface area contributed by atoms with Crippen molar-refractivity contribution in [3.05, 3.63) is 41.2 Å². The molecule has 0 amide bonds. The molecule has 2 aromatic rings. The summed E-state index contributed by atoms with van der Waals surface area (Å²) in [5.41, 5.74) is 1.89. The lowest BCUT2D eigenvalue weighted by molar-refractivity contribution is 0.475. The maximum Gasteiger partial charge on any atom is 0.161 e. The van der Waals surface area contributed by atoms with Crippen molar-refractivity contribution in [1.82, 2.24) is 9.97 Å². The summed E-state index contributed by atoms with van der Waals surface area (Å²) in [6.45, 7) is 0. The van der Waals surface area contributed by atoms with Crippen LogP contribution in [0.15, 0.2) is 30.3 Å². The van der Waals surface area contributed by atoms with Crippen LogP contribution in [0.4, 0.5) is 0 Å². The van der Waals surface area contributed by atoms with E-state index >= 15 is 0 Å². The summed E-state index contributed by atoms with van der Waals surface area (Å²) < 4.78 is 0. The van der Waals surface area contributed by atoms with Crippen LogP contribution >= 0.6 is 11.6 Å². The van der Waals surface area contributed by atoms with Crippen molar-refractivity contribution in [3.8, 4) is 17.1 Å². The van der Waals surface area contributed by atoms with Crippen LogP contribution in [-0.2, 0) is 0 Å². The maximum absolute atomic E-state index is 9.24. The van der Waals surface area contributed by atoms with Gasteiger partial charge in [0.15, 0.2) is 5.82 Å². The first kappa shape index (κ1) is 10.5. The van der Waals surface area contributed by atoms with Gasteiger partial charge in [-0.15, -0.1) is 0 Å². The van der Waals surface area contributed by atoms with Gasteiger partial charge in [-0.25, -0.2) is 9.97 Å². The van der Waals surface area contributed by atoms with Gasteiger partial charge in [-0.05, 0) is 43.2 Å². The summed E-state index contributed by atoms with van der Waals surface area (Å²) in [4.78, 5) is 8.73. The van der Waals surface area contributed by atoms with Gasteiger partial charge in [-0.2, -0.15) is 0 Å². The molecule has 1 aliphatic rings. The minimum atomic E-state index is 0.234. The highest BCUT2D eigenvalue weighted by Gasteiger charge is 2.26. The van der Waals surface area contributed by atoms with Crippen LogP contribution in [0.3, 0.4) is 0 Å². The van der Waals surface area contributed by atoms with Gasteiger partial charge in [0.25, 0.3) is 0 Å². The van der Waals surface area contributed by atoms with Crippen molar-refractivity contribution < 1.29 is 5.11 Å². The lowest BCUT2D eigenvalue weighted by Crippen LogP contribution is -1.94. The summed E-state index contributed by atoms with van der Waals surface area (Å²) >= 11 is 6.00. The molecule has 86 valence electrons. The Morgan fingerprint density at radius 2 is 1.82 bits per heavy atom. The predicted molar refractivity (Wildman–Crippen MR) is 66.1 cm³/mol. The number of aromatic nitrogens is 2. The highest BCUT2D eigenvalue weighted by Crippen LogP contribution is 2.40. The van der Waals surface area contributed by atoms with Gasteiger partial charge in [0.2, 0.25) is 0 Å². The predicted octanol–water partition coefficient (Wildman–Crippen LogP) is 3.38. The number of nitrogens with zero attached hydrogens (tertiary/aromatic N) is 2. The number of phenolic OH excluding ortho intramolecular Hbond substituents is 1. The molecule has 3 rings (SSSR count). The third-order valence-corrected chi connectivity index (χ3v) is 3.03. The second-order valence-electron chi connectivity index (χ2n) is 4.26. The van der Waals surface area contributed by atoms with Gasteiger partial charge >= 0.3 is 0 Å². The summed E-state index contributed by atoms with van der Waals surface area (Å²) in [6, 6.07) is 8.66. The van der Waals surface area contributed by atoms with Crippen molar-refractivity contribution in [2.75, 3.05) is 0 Å². The maximum atomic E-state index is 9.24. The monoisotopic (exact) mass is 246 g/mol. The fourth-order valence-electron chi connectivity index (χ4n) is 1.76. The zero-order valence-corrected chi connectivity index (χ0v) is 9.85. The Bertz CT molecular complexity index is 550. The molecule has 0 spiro atoms. The molecular weight excluding hydrogens is 236 g/mol. The minimum Gasteiger partial charge on any atom is -0.508 e. The van der Waals surface area contributed by atoms with Gasteiger partial charge in [-0.3, -0.25) is 0 Å². The molecule has 1 fully saturated rings. The SMILES string of the molecule is Oc1ccc(-c2nc(Cl)cc(C3CC3)n2)cc1. The van der Waals surface area contributed by atoms with Crippen LogP contribution in [0.25, 0.3) is 11.4 Å². The Morgan fingerprint density at radius 1 is 1.12 bits per heavy atom. The average molecular weight is 247 g/mol. The Labute approximate surface area is 104 Å². The van der Waals surface area contributed by atoms with Gasteiger partial charge in [0.05, 0.1) is 0 Å². The fourth-order valence-corrected chi connectivity index (χ4v) is 1.95. The van der Waals surface area contributed by atoms with E-state index in [4.69, 9.17) is 11.6 Å². The van der Waals surface area contributed by atoms with E-state index in [-0.39, 0.29) is 5.75 Å². The lowest BCUT2D eigenvalue weighted by Gasteiger charge is -2.04. The van der Waals surface area contributed by atoms with E-state index in [9.17, 15) is 5.11 Å². The van der Waals surface area contributed by atoms with Crippen molar-refractivity contribution in [1.29, 1.82) is 0 Å². The molecule has 1 aromatic carbocycles. The van der Waals surface area contributed by atoms with Crippen LogP contribution in [0, 0.1) is 0 Å². The van der Waals surface area contributed by atoms with E-state index in [0.29, 0.717) is 16.9 Å². The molecule has 0 atom stereocenters. The van der Waals surface area contributed by atoms with E-state index in [1.165, 1.54) is 12.8 Å². The third kappa shape index (κ3) is 2.24. The van der Waals surface area contributed by atoms with Gasteiger partial charge in [-0.1, -0.05) is 11.6 Å². The largest absolute Gasteiger partial charge is 0.508 e. The minimum absolute atomic E-state index is 0.234. The van der Waals surface area contributed by atoms with Gasteiger partial charge < -0.3 is 5.11 Å². The molecule has 3 nitrogen and oxygen atoms in total. The van der Waals surface area contributed by atoms with E-state index in [1.807, 2.05) is 6.07 Å². The molecule has 0 bridgehead atoms. The lowest BCUT2D eigenvalue weighted by atomic mass is 10.2. The topological polar surface area (TPSA) is 46.0 Å². The molecule has 4 heteroatoms. The summed E-state index contributed by atoms with van der Waals surface area (Å²) in [5, 5.41) is 9.72. The summed E-state index contributed by atoms with van der Waals surface area (Å²) in [6.07, 6.45) is 2.37. The normalized spacial score (nSPS) is 14.9. The van der Waals surface area contributed by atoms with Crippen LogP contribution in [0.5, 0.6) is 5.75 Å². The first-order chi connectivity index (χ1) is 8.22. The fraction of sp³-hybridized carbons (Fsp3) is 0.231. The highest BCUT2D eigenvalue weighted by atomic mass is 35.5. The first-order valence-electron chi connectivity index (χ1n) is 5.56. The molecule has 1 N–H and O–H groups in total. The quantitative estimate of drug-likeness (QED) is 0.827. The van der Waals surface area contributed by atoms with Gasteiger partial charge in [0, 0.05) is 17.2 Å². The Hall–Kier alpha value is -1.61. The van der Waals surface area contributed by atoms with E-state index in [0.717, 1.165) is 11.3 Å². The Kier molecular flexibility index (Phi) is 2.48. The number of hydrogen-bond acceptors (Lipinski definition) is 3. The number of aromatic hydroxyl groups is 1. The molecule has 0 aliphatic heterocycles. The van der Waals surface area contributed by atoms with Crippen molar-refractivity contribution in [2.45, 2.75) is 18.8 Å². The summed E-state index contributed by atoms with van der Waals surface area (Å²) in [5.74, 6) is 1.41. The number of halogens is 1. The number of phenols is 1. The zero-order chi connectivity index (χ0) is 11.8. The molecular formula is C13H11ClN2O.